The highest BCUT2D eigenvalue weighted by molar-refractivity contribution is 5.93. The summed E-state index contributed by atoms with van der Waals surface area (Å²) in [6.07, 6.45) is -1.12. The van der Waals surface area contributed by atoms with E-state index in [1.54, 1.807) is 0 Å². The van der Waals surface area contributed by atoms with Gasteiger partial charge in [-0.25, -0.2) is 14.4 Å². The van der Waals surface area contributed by atoms with Gasteiger partial charge in [0.1, 0.15) is 5.75 Å². The number of hydrogen-bond donors (Lipinski definition) is 5. The number of ether oxygens (including phenoxy) is 2. The van der Waals surface area contributed by atoms with E-state index in [0.717, 1.165) is 6.08 Å². The van der Waals surface area contributed by atoms with Gasteiger partial charge in [0.25, 0.3) is 0 Å². The first kappa shape index (κ1) is 23.2. The van der Waals surface area contributed by atoms with Gasteiger partial charge in [-0.2, -0.15) is 0 Å². The molecule has 0 saturated carbocycles. The summed E-state index contributed by atoms with van der Waals surface area (Å²) in [7, 11) is 1.36. The minimum Gasteiger partial charge on any atom is -0.508 e. The van der Waals surface area contributed by atoms with E-state index in [1.807, 2.05) is 0 Å². The third-order valence-electron chi connectivity index (χ3n) is 4.29. The molecule has 0 aromatic heterocycles. The van der Waals surface area contributed by atoms with Crippen LogP contribution in [0.1, 0.15) is 11.1 Å². The zero-order valence-corrected chi connectivity index (χ0v) is 16.3. The summed E-state index contributed by atoms with van der Waals surface area (Å²) in [6, 6.07) is 9.24. The number of esters is 1. The fraction of sp³-hybridized carbons (Fsp3) is 0.190. The molecule has 0 aliphatic heterocycles. The molecule has 2 aromatic rings. The number of methoxy groups -OCH3 is 1. The number of carboxylic acids is 2. The number of carboxylic acid groups (broad SMARTS) is 2. The van der Waals surface area contributed by atoms with Crippen LogP contribution in [0.15, 0.2) is 48.5 Å². The van der Waals surface area contributed by atoms with Crippen LogP contribution in [0.2, 0.25) is 0 Å². The van der Waals surface area contributed by atoms with Crippen LogP contribution in [0.3, 0.4) is 0 Å². The van der Waals surface area contributed by atoms with Crippen molar-refractivity contribution < 1.29 is 49.4 Å². The summed E-state index contributed by atoms with van der Waals surface area (Å²) in [5, 5.41) is 48.5. The average Bonchev–Trinajstić information content (AvgIpc) is 2.71. The smallest absolute Gasteiger partial charge is 0.348 e. The second-order valence-corrected chi connectivity index (χ2v) is 6.49. The standard InChI is InChI=1S/C21H20O10/c1-30-16-8-4-12(10-15(16)23)5-9-17(24)31-18(19(25)26)21(29,20(27)28)11-13-2-6-14(22)7-3-13/h2-10,18,22-23,29H,11H2,1H3,(H,25,26)(H,27,28)/t18-,21-/m1/s1. The molecule has 0 saturated heterocycles. The Bertz CT molecular complexity index is 996. The molecule has 0 bridgehead atoms. The van der Waals surface area contributed by atoms with Crippen LogP contribution in [0, 0.1) is 0 Å². The number of hydrogen-bond acceptors (Lipinski definition) is 8. The van der Waals surface area contributed by atoms with Crippen molar-refractivity contribution in [2.24, 2.45) is 0 Å². The first-order valence-corrected chi connectivity index (χ1v) is 8.79. The minimum absolute atomic E-state index is 0.112. The van der Waals surface area contributed by atoms with E-state index in [-0.39, 0.29) is 22.8 Å². The second-order valence-electron chi connectivity index (χ2n) is 6.49. The molecule has 0 fully saturated rings. The van der Waals surface area contributed by atoms with Gasteiger partial charge in [0.15, 0.2) is 11.5 Å². The lowest BCUT2D eigenvalue weighted by atomic mass is 9.88. The number of benzene rings is 2. The van der Waals surface area contributed by atoms with Crippen molar-refractivity contribution in [3.8, 4) is 17.2 Å². The molecule has 0 amide bonds. The van der Waals surface area contributed by atoms with Gasteiger partial charge in [0.2, 0.25) is 11.7 Å². The summed E-state index contributed by atoms with van der Waals surface area (Å²) >= 11 is 0. The predicted octanol–water partition coefficient (Wildman–Crippen LogP) is 1.17. The van der Waals surface area contributed by atoms with E-state index in [2.05, 4.69) is 0 Å². The van der Waals surface area contributed by atoms with Crippen LogP contribution < -0.4 is 4.74 Å². The molecule has 10 nitrogen and oxygen atoms in total. The Morgan fingerprint density at radius 1 is 1.06 bits per heavy atom. The Hall–Kier alpha value is -4.05. The molecule has 2 atom stereocenters. The molecule has 2 rings (SSSR count). The van der Waals surface area contributed by atoms with Crippen LogP contribution in [0.4, 0.5) is 0 Å². The van der Waals surface area contributed by atoms with Crippen LogP contribution in [0.5, 0.6) is 17.2 Å². The Morgan fingerprint density at radius 2 is 1.71 bits per heavy atom. The van der Waals surface area contributed by atoms with Gasteiger partial charge in [-0.3, -0.25) is 0 Å². The number of rotatable bonds is 9. The number of carbonyl (C=O) groups excluding carboxylic acids is 1. The molecule has 0 heterocycles. The summed E-state index contributed by atoms with van der Waals surface area (Å²) < 4.78 is 9.63. The Kier molecular flexibility index (Phi) is 7.22. The van der Waals surface area contributed by atoms with Gasteiger partial charge in [-0.15, -0.1) is 0 Å². The molecule has 0 unspecified atom stereocenters. The number of phenolic OH excluding ortho intramolecular Hbond substituents is 2. The van der Waals surface area contributed by atoms with Gasteiger partial charge >= 0.3 is 17.9 Å². The highest BCUT2D eigenvalue weighted by Crippen LogP contribution is 2.27. The SMILES string of the molecule is COc1ccc(C=CC(=O)O[C@H](C(=O)O)[C@](O)(Cc2ccc(O)cc2)C(=O)O)cc1O. The molecule has 2 aromatic carbocycles. The van der Waals surface area contributed by atoms with E-state index in [9.17, 15) is 39.9 Å². The van der Waals surface area contributed by atoms with Crippen molar-refractivity contribution >= 4 is 24.0 Å². The number of aliphatic hydroxyl groups is 1. The number of carbonyl (C=O) groups is 3. The molecule has 0 aliphatic carbocycles. The Balaban J connectivity index is 2.23. The average molecular weight is 432 g/mol. The summed E-state index contributed by atoms with van der Waals surface area (Å²) in [5.74, 6) is -5.12. The number of phenols is 2. The van der Waals surface area contributed by atoms with E-state index < -0.39 is 36.0 Å². The van der Waals surface area contributed by atoms with Gasteiger partial charge in [-0.1, -0.05) is 18.2 Å². The lowest BCUT2D eigenvalue weighted by Crippen LogP contribution is -2.56. The quantitative estimate of drug-likeness (QED) is 0.286. The normalized spacial score (nSPS) is 13.9. The molecule has 0 spiro atoms. The third kappa shape index (κ3) is 5.73. The Labute approximate surface area is 176 Å². The van der Waals surface area contributed by atoms with Crippen LogP contribution in [0.25, 0.3) is 6.08 Å². The molecule has 0 radical (unpaired) electrons. The summed E-state index contributed by atoms with van der Waals surface area (Å²) in [4.78, 5) is 35.4. The third-order valence-corrected chi connectivity index (χ3v) is 4.29. The fourth-order valence-corrected chi connectivity index (χ4v) is 2.69. The number of aliphatic carboxylic acids is 2. The van der Waals surface area contributed by atoms with Crippen molar-refractivity contribution in [1.29, 1.82) is 0 Å². The molecule has 164 valence electrons. The van der Waals surface area contributed by atoms with Crippen LogP contribution >= 0.6 is 0 Å². The minimum atomic E-state index is -2.98. The van der Waals surface area contributed by atoms with E-state index in [4.69, 9.17) is 9.47 Å². The van der Waals surface area contributed by atoms with Crippen molar-refractivity contribution in [3.63, 3.8) is 0 Å². The molecule has 10 heteroatoms. The van der Waals surface area contributed by atoms with Crippen molar-refractivity contribution in [1.82, 2.24) is 0 Å². The second kappa shape index (κ2) is 9.63. The van der Waals surface area contributed by atoms with Crippen molar-refractivity contribution in [2.75, 3.05) is 7.11 Å². The molecule has 0 aliphatic rings. The zero-order valence-electron chi connectivity index (χ0n) is 16.3. The van der Waals surface area contributed by atoms with E-state index >= 15 is 0 Å². The maximum Gasteiger partial charge on any atom is 0.348 e. The van der Waals surface area contributed by atoms with Gasteiger partial charge < -0.3 is 35.0 Å². The van der Waals surface area contributed by atoms with Crippen molar-refractivity contribution in [2.45, 2.75) is 18.1 Å². The topological polar surface area (TPSA) is 171 Å². The monoisotopic (exact) mass is 432 g/mol. The summed E-state index contributed by atoms with van der Waals surface area (Å²) in [6.45, 7) is 0. The summed E-state index contributed by atoms with van der Waals surface area (Å²) in [5.41, 5.74) is -2.45. The first-order valence-electron chi connectivity index (χ1n) is 8.79. The lowest BCUT2D eigenvalue weighted by Gasteiger charge is -2.29. The van der Waals surface area contributed by atoms with E-state index in [1.165, 1.54) is 55.7 Å². The highest BCUT2D eigenvalue weighted by atomic mass is 16.6. The van der Waals surface area contributed by atoms with Crippen molar-refractivity contribution in [3.05, 3.63) is 59.7 Å². The maximum atomic E-state index is 12.1. The largest absolute Gasteiger partial charge is 0.508 e. The number of aromatic hydroxyl groups is 2. The van der Waals surface area contributed by atoms with Gasteiger partial charge in [-0.05, 0) is 41.5 Å². The zero-order chi connectivity index (χ0) is 23.2. The van der Waals surface area contributed by atoms with E-state index in [0.29, 0.717) is 5.56 Å². The first-order chi connectivity index (χ1) is 14.6. The van der Waals surface area contributed by atoms with Gasteiger partial charge in [0, 0.05) is 12.5 Å². The highest BCUT2D eigenvalue weighted by Gasteiger charge is 2.51. The predicted molar refractivity (Wildman–Crippen MR) is 106 cm³/mol. The molecular weight excluding hydrogens is 412 g/mol. The molecular formula is C21H20O10. The lowest BCUT2D eigenvalue weighted by molar-refractivity contribution is -0.192. The molecule has 5 N–H and O–H groups in total. The fourth-order valence-electron chi connectivity index (χ4n) is 2.69. The van der Waals surface area contributed by atoms with Crippen LogP contribution in [-0.2, 0) is 25.5 Å². The van der Waals surface area contributed by atoms with Gasteiger partial charge in [0.05, 0.1) is 7.11 Å². The maximum absolute atomic E-state index is 12.1. The Morgan fingerprint density at radius 3 is 2.23 bits per heavy atom. The molecule has 31 heavy (non-hydrogen) atoms. The van der Waals surface area contributed by atoms with Crippen LogP contribution in [-0.4, -0.2) is 62.3 Å².